The van der Waals surface area contributed by atoms with Crippen LogP contribution in [0, 0.1) is 5.92 Å². The molecule has 2 rings (SSSR count). The van der Waals surface area contributed by atoms with E-state index in [0.29, 0.717) is 42.8 Å². The smallest absolute Gasteiger partial charge is 0.310 e. The van der Waals surface area contributed by atoms with Gasteiger partial charge in [-0.05, 0) is 50.4 Å². The molecule has 1 saturated carbocycles. The van der Waals surface area contributed by atoms with Crippen LogP contribution in [0.15, 0.2) is 24.3 Å². The van der Waals surface area contributed by atoms with E-state index in [0.717, 1.165) is 6.42 Å². The monoisotopic (exact) mass is 395 g/mol. The lowest BCUT2D eigenvalue weighted by molar-refractivity contribution is -0.146. The Kier molecular flexibility index (Phi) is 8.06. The van der Waals surface area contributed by atoms with Gasteiger partial charge < -0.3 is 21.1 Å². The number of halogens is 1. The lowest BCUT2D eigenvalue weighted by atomic mass is 10.0. The molecule has 8 heteroatoms. The fourth-order valence-electron chi connectivity index (χ4n) is 3.31. The standard InChI is InChI=1S/C19H26ClN3O4/c1-27-19(26)14-7-3-8-15(14)22-18(25)16(9-4-10-21)23-17(24)12-5-2-6-13(20)11-12/h2,5-6,11,14-16H,3-4,7-10,21H2,1H3,(H,22,25)(H,23,24)/t14-,15+,16+/m1/s1. The normalized spacial score (nSPS) is 20.0. The zero-order valence-electron chi connectivity index (χ0n) is 15.4. The summed E-state index contributed by atoms with van der Waals surface area (Å²) in [7, 11) is 1.34. The van der Waals surface area contributed by atoms with E-state index in [1.165, 1.54) is 7.11 Å². The summed E-state index contributed by atoms with van der Waals surface area (Å²) < 4.78 is 4.82. The van der Waals surface area contributed by atoms with Gasteiger partial charge in [0, 0.05) is 16.6 Å². The van der Waals surface area contributed by atoms with Crippen LogP contribution in [0.1, 0.15) is 42.5 Å². The Hall–Kier alpha value is -2.12. The van der Waals surface area contributed by atoms with Crippen LogP contribution < -0.4 is 16.4 Å². The first-order chi connectivity index (χ1) is 13.0. The summed E-state index contributed by atoms with van der Waals surface area (Å²) in [5, 5.41) is 6.09. The molecule has 0 aliphatic heterocycles. The van der Waals surface area contributed by atoms with Crippen molar-refractivity contribution < 1.29 is 19.1 Å². The fraction of sp³-hybridized carbons (Fsp3) is 0.526. The molecule has 0 radical (unpaired) electrons. The van der Waals surface area contributed by atoms with E-state index in [1.54, 1.807) is 24.3 Å². The molecule has 2 amide bonds. The predicted molar refractivity (Wildman–Crippen MR) is 102 cm³/mol. The summed E-state index contributed by atoms with van der Waals surface area (Å²) >= 11 is 5.92. The van der Waals surface area contributed by atoms with Gasteiger partial charge in [-0.25, -0.2) is 0 Å². The molecule has 0 saturated heterocycles. The molecular weight excluding hydrogens is 370 g/mol. The van der Waals surface area contributed by atoms with Crippen molar-refractivity contribution in [3.8, 4) is 0 Å². The van der Waals surface area contributed by atoms with Crippen LogP contribution in [0.3, 0.4) is 0 Å². The fourth-order valence-corrected chi connectivity index (χ4v) is 3.50. The largest absolute Gasteiger partial charge is 0.469 e. The van der Waals surface area contributed by atoms with E-state index in [-0.39, 0.29) is 29.7 Å². The summed E-state index contributed by atoms with van der Waals surface area (Å²) in [6, 6.07) is 5.49. The number of nitrogens with two attached hydrogens (primary N) is 1. The molecule has 0 unspecified atom stereocenters. The van der Waals surface area contributed by atoms with E-state index in [9.17, 15) is 14.4 Å². The van der Waals surface area contributed by atoms with Crippen molar-refractivity contribution in [2.45, 2.75) is 44.2 Å². The number of esters is 1. The van der Waals surface area contributed by atoms with Crippen LogP contribution in [0.4, 0.5) is 0 Å². The van der Waals surface area contributed by atoms with Crippen molar-refractivity contribution in [2.24, 2.45) is 11.7 Å². The van der Waals surface area contributed by atoms with E-state index in [2.05, 4.69) is 10.6 Å². The van der Waals surface area contributed by atoms with Crippen molar-refractivity contribution in [1.82, 2.24) is 10.6 Å². The zero-order chi connectivity index (χ0) is 19.8. The third-order valence-electron chi connectivity index (χ3n) is 4.75. The average molecular weight is 396 g/mol. The highest BCUT2D eigenvalue weighted by molar-refractivity contribution is 6.31. The molecule has 3 atom stereocenters. The molecule has 0 spiro atoms. The summed E-state index contributed by atoms with van der Waals surface area (Å²) in [5.74, 6) is -1.37. The Bertz CT molecular complexity index is 683. The first-order valence-electron chi connectivity index (χ1n) is 9.11. The van der Waals surface area contributed by atoms with Crippen LogP contribution in [0.25, 0.3) is 0 Å². The maximum absolute atomic E-state index is 12.8. The van der Waals surface area contributed by atoms with Gasteiger partial charge in [-0.2, -0.15) is 0 Å². The molecule has 1 aromatic carbocycles. The van der Waals surface area contributed by atoms with Crippen molar-refractivity contribution in [3.05, 3.63) is 34.9 Å². The number of nitrogens with one attached hydrogen (secondary N) is 2. The van der Waals surface area contributed by atoms with E-state index in [1.807, 2.05) is 0 Å². The van der Waals surface area contributed by atoms with Gasteiger partial charge in [0.05, 0.1) is 13.0 Å². The lowest BCUT2D eigenvalue weighted by Gasteiger charge is -2.23. The molecular formula is C19H26ClN3O4. The molecule has 0 heterocycles. The number of hydrogen-bond donors (Lipinski definition) is 3. The Morgan fingerprint density at radius 2 is 2.11 bits per heavy atom. The van der Waals surface area contributed by atoms with Crippen LogP contribution in [0.2, 0.25) is 5.02 Å². The van der Waals surface area contributed by atoms with Crippen LogP contribution in [0.5, 0.6) is 0 Å². The minimum absolute atomic E-state index is 0.284. The SMILES string of the molecule is COC(=O)[C@@H]1CCC[C@@H]1NC(=O)[C@H](CCCN)NC(=O)c1cccc(Cl)c1. The third kappa shape index (κ3) is 5.94. The molecule has 7 nitrogen and oxygen atoms in total. The van der Waals surface area contributed by atoms with Crippen molar-refractivity contribution in [2.75, 3.05) is 13.7 Å². The van der Waals surface area contributed by atoms with Gasteiger partial charge in [-0.3, -0.25) is 14.4 Å². The molecule has 4 N–H and O–H groups in total. The highest BCUT2D eigenvalue weighted by Gasteiger charge is 2.36. The van der Waals surface area contributed by atoms with Crippen LogP contribution in [-0.4, -0.2) is 43.5 Å². The summed E-state index contributed by atoms with van der Waals surface area (Å²) in [4.78, 5) is 37.1. The predicted octanol–water partition coefficient (Wildman–Crippen LogP) is 1.64. The number of rotatable bonds is 8. The summed E-state index contributed by atoms with van der Waals surface area (Å²) in [6.07, 6.45) is 3.22. The van der Waals surface area contributed by atoms with Gasteiger partial charge in [0.1, 0.15) is 6.04 Å². The first kappa shape index (κ1) is 21.2. The number of hydrogen-bond acceptors (Lipinski definition) is 5. The minimum Gasteiger partial charge on any atom is -0.469 e. The van der Waals surface area contributed by atoms with Crippen molar-refractivity contribution >= 4 is 29.4 Å². The molecule has 27 heavy (non-hydrogen) atoms. The Balaban J connectivity index is 2.04. The van der Waals surface area contributed by atoms with Crippen LogP contribution >= 0.6 is 11.6 Å². The van der Waals surface area contributed by atoms with E-state index < -0.39 is 6.04 Å². The van der Waals surface area contributed by atoms with Gasteiger partial charge >= 0.3 is 5.97 Å². The topological polar surface area (TPSA) is 111 Å². The van der Waals surface area contributed by atoms with Gasteiger partial charge in [-0.1, -0.05) is 24.1 Å². The number of benzene rings is 1. The molecule has 0 aromatic heterocycles. The second-order valence-electron chi connectivity index (χ2n) is 6.64. The van der Waals surface area contributed by atoms with E-state index >= 15 is 0 Å². The zero-order valence-corrected chi connectivity index (χ0v) is 16.1. The molecule has 148 valence electrons. The maximum atomic E-state index is 12.8. The third-order valence-corrected chi connectivity index (χ3v) is 4.99. The molecule has 1 fully saturated rings. The average Bonchev–Trinajstić information content (AvgIpc) is 3.12. The van der Waals surface area contributed by atoms with Gasteiger partial charge in [-0.15, -0.1) is 0 Å². The summed E-state index contributed by atoms with van der Waals surface area (Å²) in [6.45, 7) is 0.408. The number of ether oxygens (including phenoxy) is 1. The summed E-state index contributed by atoms with van der Waals surface area (Å²) in [5.41, 5.74) is 5.94. The first-order valence-corrected chi connectivity index (χ1v) is 9.48. The van der Waals surface area contributed by atoms with Gasteiger partial charge in [0.15, 0.2) is 0 Å². The number of amides is 2. The number of carbonyl (C=O) groups is 3. The quantitative estimate of drug-likeness (QED) is 0.579. The second kappa shape index (κ2) is 10.3. The molecule has 1 aliphatic rings. The molecule has 1 aliphatic carbocycles. The Labute approximate surface area is 164 Å². The van der Waals surface area contributed by atoms with Gasteiger partial charge in [0.2, 0.25) is 5.91 Å². The number of carbonyl (C=O) groups excluding carboxylic acids is 3. The second-order valence-corrected chi connectivity index (χ2v) is 7.08. The highest BCUT2D eigenvalue weighted by atomic mass is 35.5. The van der Waals surface area contributed by atoms with Crippen LogP contribution in [-0.2, 0) is 14.3 Å². The highest BCUT2D eigenvalue weighted by Crippen LogP contribution is 2.26. The van der Waals surface area contributed by atoms with E-state index in [4.69, 9.17) is 22.1 Å². The Morgan fingerprint density at radius 3 is 2.78 bits per heavy atom. The Morgan fingerprint density at radius 1 is 1.33 bits per heavy atom. The number of methoxy groups -OCH3 is 1. The minimum atomic E-state index is -0.737. The molecule has 1 aromatic rings. The van der Waals surface area contributed by atoms with Gasteiger partial charge in [0.25, 0.3) is 5.91 Å². The van der Waals surface area contributed by atoms with Crippen molar-refractivity contribution in [3.63, 3.8) is 0 Å². The lowest BCUT2D eigenvalue weighted by Crippen LogP contribution is -2.51. The van der Waals surface area contributed by atoms with Crippen molar-refractivity contribution in [1.29, 1.82) is 0 Å². The molecule has 0 bridgehead atoms. The maximum Gasteiger partial charge on any atom is 0.310 e.